The molecule has 4 heterocycles. The molecule has 0 bridgehead atoms. The molecule has 3 aromatic heterocycles. The maximum absolute atomic E-state index is 12.9. The van der Waals surface area contributed by atoms with E-state index in [-0.39, 0.29) is 18.0 Å². The highest BCUT2D eigenvalue weighted by atomic mass is 19.4. The SMILES string of the molecule is CC(NC(=O)c1cnn2c1CN(C(=O)c1cc3ccccn3c1)CC2)C(F)(F)F. The molecule has 0 spiro atoms. The summed E-state index contributed by atoms with van der Waals surface area (Å²) in [6.45, 7) is 1.71. The van der Waals surface area contributed by atoms with Gasteiger partial charge in [0.25, 0.3) is 11.8 Å². The van der Waals surface area contributed by atoms with Gasteiger partial charge in [-0.3, -0.25) is 14.3 Å². The number of nitrogens with one attached hydrogen (secondary N) is 1. The minimum Gasteiger partial charge on any atom is -0.340 e. The van der Waals surface area contributed by atoms with Crippen LogP contribution in [0.3, 0.4) is 0 Å². The second-order valence-corrected chi connectivity index (χ2v) is 6.95. The van der Waals surface area contributed by atoms with E-state index in [0.717, 1.165) is 12.4 Å². The van der Waals surface area contributed by atoms with E-state index in [1.807, 2.05) is 34.1 Å². The normalized spacial score (nSPS) is 15.2. The maximum Gasteiger partial charge on any atom is 0.408 e. The smallest absolute Gasteiger partial charge is 0.340 e. The third-order valence-corrected chi connectivity index (χ3v) is 4.99. The zero-order valence-corrected chi connectivity index (χ0v) is 15.5. The molecule has 4 rings (SSSR count). The summed E-state index contributed by atoms with van der Waals surface area (Å²) in [6.07, 6.45) is 0.264. The molecule has 1 aliphatic heterocycles. The number of hydrogen-bond acceptors (Lipinski definition) is 3. The third-order valence-electron chi connectivity index (χ3n) is 4.99. The number of amides is 2. The molecule has 0 saturated heterocycles. The number of pyridine rings is 1. The Morgan fingerprint density at radius 2 is 2.03 bits per heavy atom. The van der Waals surface area contributed by atoms with Crippen LogP contribution in [-0.2, 0) is 13.1 Å². The van der Waals surface area contributed by atoms with E-state index >= 15 is 0 Å². The van der Waals surface area contributed by atoms with Gasteiger partial charge in [0.05, 0.1) is 36.1 Å². The summed E-state index contributed by atoms with van der Waals surface area (Å²) in [6, 6.07) is 5.39. The zero-order valence-electron chi connectivity index (χ0n) is 15.5. The van der Waals surface area contributed by atoms with Crippen molar-refractivity contribution in [3.05, 3.63) is 59.7 Å². The Hall–Kier alpha value is -3.30. The average molecular weight is 405 g/mol. The summed E-state index contributed by atoms with van der Waals surface area (Å²) in [7, 11) is 0. The molecule has 2 amide bonds. The third kappa shape index (κ3) is 3.57. The highest BCUT2D eigenvalue weighted by Gasteiger charge is 2.38. The number of fused-ring (bicyclic) bond motifs is 2. The monoisotopic (exact) mass is 405 g/mol. The van der Waals surface area contributed by atoms with E-state index in [0.29, 0.717) is 24.3 Å². The van der Waals surface area contributed by atoms with E-state index < -0.39 is 18.1 Å². The molecule has 7 nitrogen and oxygen atoms in total. The molecule has 10 heteroatoms. The molecule has 0 fully saturated rings. The van der Waals surface area contributed by atoms with Crippen molar-refractivity contribution in [1.82, 2.24) is 24.4 Å². The molecule has 1 aliphatic rings. The Labute approximate surface area is 163 Å². The second-order valence-electron chi connectivity index (χ2n) is 6.95. The van der Waals surface area contributed by atoms with Gasteiger partial charge in [0.1, 0.15) is 6.04 Å². The van der Waals surface area contributed by atoms with Gasteiger partial charge < -0.3 is 14.6 Å². The van der Waals surface area contributed by atoms with E-state index in [1.54, 1.807) is 21.8 Å². The fraction of sp³-hybridized carbons (Fsp3) is 0.316. The summed E-state index contributed by atoms with van der Waals surface area (Å²) >= 11 is 0. The van der Waals surface area contributed by atoms with Crippen LogP contribution in [0.1, 0.15) is 33.3 Å². The number of carbonyl (C=O) groups is 2. The maximum atomic E-state index is 12.9. The predicted octanol–water partition coefficient (Wildman–Crippen LogP) is 2.47. The minimum absolute atomic E-state index is 0.0423. The van der Waals surface area contributed by atoms with Crippen molar-refractivity contribution in [3.8, 4) is 0 Å². The van der Waals surface area contributed by atoms with Crippen LogP contribution in [-0.4, -0.2) is 49.7 Å². The first-order valence-corrected chi connectivity index (χ1v) is 9.02. The average Bonchev–Trinajstić information content (AvgIpc) is 3.30. The van der Waals surface area contributed by atoms with Crippen molar-refractivity contribution in [2.45, 2.75) is 32.2 Å². The molecule has 1 unspecified atom stereocenters. The number of alkyl halides is 3. The molecule has 3 aromatic rings. The van der Waals surface area contributed by atoms with Crippen LogP contribution in [0.2, 0.25) is 0 Å². The molecule has 29 heavy (non-hydrogen) atoms. The summed E-state index contributed by atoms with van der Waals surface area (Å²) in [5.41, 5.74) is 1.83. The lowest BCUT2D eigenvalue weighted by Gasteiger charge is -2.28. The minimum atomic E-state index is -4.54. The van der Waals surface area contributed by atoms with Crippen molar-refractivity contribution >= 4 is 17.3 Å². The van der Waals surface area contributed by atoms with Gasteiger partial charge in [0, 0.05) is 24.5 Å². The van der Waals surface area contributed by atoms with Gasteiger partial charge in [-0.2, -0.15) is 18.3 Å². The summed E-state index contributed by atoms with van der Waals surface area (Å²) in [5, 5.41) is 6.02. The number of halogens is 3. The Morgan fingerprint density at radius 1 is 1.24 bits per heavy atom. The van der Waals surface area contributed by atoms with Crippen molar-refractivity contribution < 1.29 is 22.8 Å². The first-order valence-electron chi connectivity index (χ1n) is 9.02. The molecule has 152 valence electrons. The van der Waals surface area contributed by atoms with E-state index in [2.05, 4.69) is 5.10 Å². The van der Waals surface area contributed by atoms with Gasteiger partial charge in [0.15, 0.2) is 0 Å². The van der Waals surface area contributed by atoms with Crippen molar-refractivity contribution in [2.24, 2.45) is 0 Å². The molecule has 1 N–H and O–H groups in total. The van der Waals surface area contributed by atoms with Crippen molar-refractivity contribution in [1.29, 1.82) is 0 Å². The fourth-order valence-electron chi connectivity index (χ4n) is 3.32. The van der Waals surface area contributed by atoms with Crippen LogP contribution in [0.15, 0.2) is 42.9 Å². The summed E-state index contributed by atoms with van der Waals surface area (Å²) in [5.74, 6) is -1.07. The van der Waals surface area contributed by atoms with Gasteiger partial charge in [-0.1, -0.05) is 6.07 Å². The molecule has 0 saturated carbocycles. The lowest BCUT2D eigenvalue weighted by molar-refractivity contribution is -0.149. The molecular formula is C19H18F3N5O2. The van der Waals surface area contributed by atoms with Gasteiger partial charge in [-0.05, 0) is 25.1 Å². The summed E-state index contributed by atoms with van der Waals surface area (Å²) in [4.78, 5) is 26.8. The summed E-state index contributed by atoms with van der Waals surface area (Å²) < 4.78 is 41.6. The molecule has 0 aromatic carbocycles. The Kier molecular flexibility index (Phi) is 4.56. The van der Waals surface area contributed by atoms with Crippen LogP contribution in [0.4, 0.5) is 13.2 Å². The lowest BCUT2D eigenvalue weighted by Crippen LogP contribution is -2.44. The second kappa shape index (κ2) is 6.94. The van der Waals surface area contributed by atoms with Crippen LogP contribution in [0.25, 0.3) is 5.52 Å². The zero-order chi connectivity index (χ0) is 20.8. The van der Waals surface area contributed by atoms with Gasteiger partial charge in [-0.15, -0.1) is 0 Å². The molecule has 0 radical (unpaired) electrons. The Bertz CT molecular complexity index is 1050. The van der Waals surface area contributed by atoms with Crippen molar-refractivity contribution in [3.63, 3.8) is 0 Å². The van der Waals surface area contributed by atoms with Crippen LogP contribution in [0, 0.1) is 0 Å². The first kappa shape index (κ1) is 19.0. The van der Waals surface area contributed by atoms with Gasteiger partial charge in [0.2, 0.25) is 0 Å². The predicted molar refractivity (Wildman–Crippen MR) is 97.3 cm³/mol. The number of rotatable bonds is 3. The van der Waals surface area contributed by atoms with E-state index in [9.17, 15) is 22.8 Å². The number of hydrogen-bond donors (Lipinski definition) is 1. The molecule has 1 atom stereocenters. The standard InChI is InChI=1S/C19H18F3N5O2/c1-12(19(20,21)22)24-17(28)15-9-23-27-7-6-26(11-16(15)27)18(29)13-8-14-4-2-3-5-25(14)10-13/h2-5,8-10,12H,6-7,11H2,1H3,(H,24,28). The quantitative estimate of drug-likeness (QED) is 0.728. The lowest BCUT2D eigenvalue weighted by atomic mass is 10.1. The highest BCUT2D eigenvalue weighted by molar-refractivity contribution is 5.97. The Morgan fingerprint density at radius 3 is 2.76 bits per heavy atom. The largest absolute Gasteiger partial charge is 0.408 e. The molecule has 0 aliphatic carbocycles. The molecular weight excluding hydrogens is 387 g/mol. The van der Waals surface area contributed by atoms with Gasteiger partial charge in [-0.25, -0.2) is 0 Å². The van der Waals surface area contributed by atoms with Crippen LogP contribution < -0.4 is 5.32 Å². The fourth-order valence-corrected chi connectivity index (χ4v) is 3.32. The highest BCUT2D eigenvalue weighted by Crippen LogP contribution is 2.22. The number of nitrogens with zero attached hydrogens (tertiary/aromatic N) is 4. The Balaban J connectivity index is 1.54. The van der Waals surface area contributed by atoms with E-state index in [4.69, 9.17) is 0 Å². The van der Waals surface area contributed by atoms with E-state index in [1.165, 1.54) is 6.20 Å². The van der Waals surface area contributed by atoms with Crippen LogP contribution >= 0.6 is 0 Å². The van der Waals surface area contributed by atoms with Crippen LogP contribution in [0.5, 0.6) is 0 Å². The first-order chi connectivity index (χ1) is 13.7. The van der Waals surface area contributed by atoms with Gasteiger partial charge >= 0.3 is 6.18 Å². The topological polar surface area (TPSA) is 71.6 Å². The number of aromatic nitrogens is 3. The number of carbonyl (C=O) groups excluding carboxylic acids is 2. The van der Waals surface area contributed by atoms with Crippen molar-refractivity contribution in [2.75, 3.05) is 6.54 Å².